The molecule has 3 rings (SSSR count). The third kappa shape index (κ3) is 2.90. The van der Waals surface area contributed by atoms with Crippen LogP contribution in [0.15, 0.2) is 47.0 Å². The molecule has 22 heavy (non-hydrogen) atoms. The number of para-hydroxylation sites is 1. The maximum absolute atomic E-state index is 12.3. The number of nitrogens with one attached hydrogen (secondary N) is 2. The second-order valence-corrected chi connectivity index (χ2v) is 4.99. The standard InChI is InChI=1S/C14H9ClN4O2S/c15-11-9(5-3-7-16-11)12(20)17-10-6-2-1-4-8(10)13-18-19-14(22)21-13/h1-7H,(H,17,20)(H,19,22). The van der Waals surface area contributed by atoms with E-state index in [0.29, 0.717) is 11.3 Å². The van der Waals surface area contributed by atoms with Crippen molar-refractivity contribution in [1.82, 2.24) is 15.2 Å². The van der Waals surface area contributed by atoms with Crippen molar-refractivity contribution in [3.63, 3.8) is 0 Å². The Morgan fingerprint density at radius 2 is 2.09 bits per heavy atom. The van der Waals surface area contributed by atoms with E-state index in [1.165, 1.54) is 6.20 Å². The number of rotatable bonds is 3. The van der Waals surface area contributed by atoms with Crippen LogP contribution in [0.3, 0.4) is 0 Å². The molecule has 0 aliphatic rings. The van der Waals surface area contributed by atoms with Gasteiger partial charge in [0.25, 0.3) is 10.7 Å². The van der Waals surface area contributed by atoms with Gasteiger partial charge in [0, 0.05) is 6.20 Å². The van der Waals surface area contributed by atoms with Crippen molar-refractivity contribution in [3.8, 4) is 11.5 Å². The Bertz CT molecular complexity index is 890. The predicted molar refractivity (Wildman–Crippen MR) is 84.3 cm³/mol. The average molecular weight is 333 g/mol. The van der Waals surface area contributed by atoms with Crippen molar-refractivity contribution in [3.05, 3.63) is 58.1 Å². The van der Waals surface area contributed by atoms with E-state index in [1.54, 1.807) is 36.4 Å². The number of H-pyrrole nitrogens is 1. The zero-order valence-electron chi connectivity index (χ0n) is 11.0. The molecular weight excluding hydrogens is 324 g/mol. The summed E-state index contributed by atoms with van der Waals surface area (Å²) in [5.41, 5.74) is 1.41. The molecule has 0 radical (unpaired) electrons. The first kappa shape index (κ1) is 14.4. The molecular formula is C14H9ClN4O2S. The van der Waals surface area contributed by atoms with E-state index in [-0.39, 0.29) is 27.4 Å². The van der Waals surface area contributed by atoms with E-state index in [4.69, 9.17) is 28.2 Å². The minimum atomic E-state index is -0.375. The van der Waals surface area contributed by atoms with Crippen molar-refractivity contribution in [2.75, 3.05) is 5.32 Å². The number of hydrogen-bond acceptors (Lipinski definition) is 5. The predicted octanol–water partition coefficient (Wildman–Crippen LogP) is 3.70. The number of carbonyl (C=O) groups excluding carboxylic acids is 1. The number of nitrogens with zero attached hydrogens (tertiary/aromatic N) is 2. The Morgan fingerprint density at radius 1 is 1.27 bits per heavy atom. The molecule has 0 atom stereocenters. The van der Waals surface area contributed by atoms with Crippen molar-refractivity contribution in [2.24, 2.45) is 0 Å². The fraction of sp³-hybridized carbons (Fsp3) is 0. The van der Waals surface area contributed by atoms with Crippen LogP contribution in [-0.2, 0) is 0 Å². The molecule has 0 aliphatic heterocycles. The molecule has 0 fully saturated rings. The summed E-state index contributed by atoms with van der Waals surface area (Å²) in [7, 11) is 0. The van der Waals surface area contributed by atoms with E-state index in [2.05, 4.69) is 20.5 Å². The zero-order valence-corrected chi connectivity index (χ0v) is 12.6. The number of aromatic nitrogens is 3. The van der Waals surface area contributed by atoms with E-state index in [9.17, 15) is 4.79 Å². The van der Waals surface area contributed by atoms with Gasteiger partial charge in [-0.05, 0) is 36.5 Å². The Kier molecular flexibility index (Phi) is 3.99. The molecule has 1 aromatic carbocycles. The summed E-state index contributed by atoms with van der Waals surface area (Å²) in [5, 5.41) is 9.40. The Morgan fingerprint density at radius 3 is 2.82 bits per heavy atom. The van der Waals surface area contributed by atoms with Gasteiger partial charge >= 0.3 is 0 Å². The van der Waals surface area contributed by atoms with E-state index in [0.717, 1.165) is 0 Å². The molecule has 2 N–H and O–H groups in total. The van der Waals surface area contributed by atoms with Crippen LogP contribution >= 0.6 is 23.8 Å². The summed E-state index contributed by atoms with van der Waals surface area (Å²) < 4.78 is 5.28. The molecule has 2 heterocycles. The van der Waals surface area contributed by atoms with Crippen molar-refractivity contribution < 1.29 is 9.21 Å². The SMILES string of the molecule is O=C(Nc1ccccc1-c1n[nH]c(=S)o1)c1cccnc1Cl. The lowest BCUT2D eigenvalue weighted by Crippen LogP contribution is -2.13. The lowest BCUT2D eigenvalue weighted by atomic mass is 10.1. The minimum Gasteiger partial charge on any atom is -0.409 e. The van der Waals surface area contributed by atoms with Crippen LogP contribution in [-0.4, -0.2) is 21.1 Å². The Labute approximate surface area is 135 Å². The zero-order chi connectivity index (χ0) is 15.5. The number of hydrogen-bond donors (Lipinski definition) is 2. The maximum atomic E-state index is 12.3. The van der Waals surface area contributed by atoms with Gasteiger partial charge in [-0.15, -0.1) is 5.10 Å². The fourth-order valence-electron chi connectivity index (χ4n) is 1.87. The highest BCUT2D eigenvalue weighted by molar-refractivity contribution is 7.71. The normalized spacial score (nSPS) is 10.4. The summed E-state index contributed by atoms with van der Waals surface area (Å²) in [6.07, 6.45) is 1.51. The fourth-order valence-corrected chi connectivity index (χ4v) is 2.20. The number of carbonyl (C=O) groups is 1. The maximum Gasteiger partial charge on any atom is 0.284 e. The molecule has 0 saturated heterocycles. The molecule has 0 bridgehead atoms. The molecule has 110 valence electrons. The number of pyridine rings is 1. The number of benzene rings is 1. The van der Waals surface area contributed by atoms with E-state index < -0.39 is 0 Å². The van der Waals surface area contributed by atoms with Gasteiger partial charge < -0.3 is 9.73 Å². The minimum absolute atomic E-state index is 0.134. The largest absolute Gasteiger partial charge is 0.409 e. The highest BCUT2D eigenvalue weighted by Gasteiger charge is 2.15. The van der Waals surface area contributed by atoms with Crippen LogP contribution in [0.25, 0.3) is 11.5 Å². The summed E-state index contributed by atoms with van der Waals surface area (Å²) in [4.78, 5) is 16.3. The lowest BCUT2D eigenvalue weighted by Gasteiger charge is -2.09. The summed E-state index contributed by atoms with van der Waals surface area (Å²) in [5.74, 6) is -0.0853. The highest BCUT2D eigenvalue weighted by atomic mass is 35.5. The summed E-state index contributed by atoms with van der Waals surface area (Å²) in [6.45, 7) is 0. The smallest absolute Gasteiger partial charge is 0.284 e. The third-order valence-corrected chi connectivity index (χ3v) is 3.32. The quantitative estimate of drug-likeness (QED) is 0.564. The van der Waals surface area contributed by atoms with Crippen molar-refractivity contribution in [1.29, 1.82) is 0 Å². The number of halogens is 1. The molecule has 8 heteroatoms. The van der Waals surface area contributed by atoms with Gasteiger partial charge in [-0.3, -0.25) is 4.79 Å². The first-order valence-corrected chi connectivity index (χ1v) is 7.00. The monoisotopic (exact) mass is 332 g/mol. The van der Waals surface area contributed by atoms with E-state index >= 15 is 0 Å². The van der Waals surface area contributed by atoms with Crippen LogP contribution in [0.5, 0.6) is 0 Å². The number of aromatic amines is 1. The summed E-state index contributed by atoms with van der Waals surface area (Å²) in [6, 6.07) is 10.3. The number of anilines is 1. The first-order chi connectivity index (χ1) is 10.6. The number of amides is 1. The third-order valence-electron chi connectivity index (χ3n) is 2.85. The molecule has 3 aromatic rings. The van der Waals surface area contributed by atoms with Gasteiger partial charge in [0.15, 0.2) is 0 Å². The van der Waals surface area contributed by atoms with Crippen molar-refractivity contribution >= 4 is 35.4 Å². The second-order valence-electron chi connectivity index (χ2n) is 4.26. The van der Waals surface area contributed by atoms with Gasteiger partial charge in [-0.1, -0.05) is 23.7 Å². The van der Waals surface area contributed by atoms with E-state index in [1.807, 2.05) is 0 Å². The average Bonchev–Trinajstić information content (AvgIpc) is 2.94. The highest BCUT2D eigenvalue weighted by Crippen LogP contribution is 2.27. The van der Waals surface area contributed by atoms with Crippen LogP contribution < -0.4 is 5.32 Å². The van der Waals surface area contributed by atoms with Crippen molar-refractivity contribution in [2.45, 2.75) is 0 Å². The van der Waals surface area contributed by atoms with Gasteiger partial charge in [0.2, 0.25) is 5.89 Å². The van der Waals surface area contributed by atoms with Gasteiger partial charge in [-0.2, -0.15) is 0 Å². The molecule has 0 unspecified atom stereocenters. The molecule has 2 aromatic heterocycles. The topological polar surface area (TPSA) is 83.8 Å². The molecule has 0 aliphatic carbocycles. The molecule has 0 saturated carbocycles. The second kappa shape index (κ2) is 6.08. The first-order valence-electron chi connectivity index (χ1n) is 6.22. The van der Waals surface area contributed by atoms with Gasteiger partial charge in [0.1, 0.15) is 5.15 Å². The summed E-state index contributed by atoms with van der Waals surface area (Å²) >= 11 is 10.8. The van der Waals surface area contributed by atoms with Crippen LogP contribution in [0, 0.1) is 4.84 Å². The van der Waals surface area contributed by atoms with Crippen LogP contribution in [0.1, 0.15) is 10.4 Å². The Hall–Kier alpha value is -2.51. The van der Waals surface area contributed by atoms with Gasteiger partial charge in [0.05, 0.1) is 16.8 Å². The van der Waals surface area contributed by atoms with Crippen LogP contribution in [0.2, 0.25) is 5.15 Å². The molecule has 0 spiro atoms. The lowest BCUT2D eigenvalue weighted by molar-refractivity contribution is 0.102. The molecule has 1 amide bonds. The van der Waals surface area contributed by atoms with Gasteiger partial charge in [-0.25, -0.2) is 10.1 Å². The Balaban J connectivity index is 1.95. The molecule has 6 nitrogen and oxygen atoms in total. The van der Waals surface area contributed by atoms with Crippen LogP contribution in [0.4, 0.5) is 5.69 Å².